The lowest BCUT2D eigenvalue weighted by atomic mass is 10.1. The molecular formula is C17H25N5O. The van der Waals surface area contributed by atoms with Gasteiger partial charge in [0.05, 0.1) is 6.04 Å². The first-order chi connectivity index (χ1) is 10.9. The first-order valence-electron chi connectivity index (χ1n) is 7.95. The highest BCUT2D eigenvalue weighted by molar-refractivity contribution is 5.94. The van der Waals surface area contributed by atoms with Gasteiger partial charge in [0.1, 0.15) is 6.33 Å². The number of amides is 1. The van der Waals surface area contributed by atoms with Crippen molar-refractivity contribution in [2.45, 2.75) is 39.8 Å². The molecule has 1 heterocycles. The van der Waals surface area contributed by atoms with E-state index in [4.69, 9.17) is 0 Å². The zero-order valence-electron chi connectivity index (χ0n) is 14.4. The molecule has 0 fully saturated rings. The number of rotatable bonds is 6. The number of nitrogens with one attached hydrogen (secondary N) is 1. The summed E-state index contributed by atoms with van der Waals surface area (Å²) in [7, 11) is 1.86. The molecule has 1 atom stereocenters. The summed E-state index contributed by atoms with van der Waals surface area (Å²) in [6, 6.07) is 7.93. The molecule has 2 aromatic rings. The highest BCUT2D eigenvalue weighted by atomic mass is 16.1. The molecule has 0 spiro atoms. The van der Waals surface area contributed by atoms with E-state index in [1.165, 1.54) is 0 Å². The van der Waals surface area contributed by atoms with Gasteiger partial charge in [0.2, 0.25) is 0 Å². The normalized spacial score (nSPS) is 12.3. The minimum absolute atomic E-state index is 0.111. The van der Waals surface area contributed by atoms with E-state index < -0.39 is 0 Å². The van der Waals surface area contributed by atoms with Crippen LogP contribution in [-0.4, -0.2) is 33.3 Å². The molecule has 0 unspecified atom stereocenters. The Labute approximate surface area is 137 Å². The van der Waals surface area contributed by atoms with E-state index in [1.807, 2.05) is 38.2 Å². The van der Waals surface area contributed by atoms with Crippen LogP contribution in [0.3, 0.4) is 0 Å². The molecule has 0 bridgehead atoms. The number of nitrogens with zero attached hydrogens (tertiary/aromatic N) is 4. The number of hydrogen-bond acceptors (Lipinski definition) is 4. The van der Waals surface area contributed by atoms with E-state index in [1.54, 1.807) is 10.9 Å². The maximum atomic E-state index is 12.4. The quantitative estimate of drug-likeness (QED) is 0.890. The number of aryl methyl sites for hydroxylation is 1. The monoisotopic (exact) mass is 315 g/mol. The Morgan fingerprint density at radius 3 is 2.39 bits per heavy atom. The standard InChI is InChI=1S/C17H25N5O/c1-6-22(12(2)3)15-9-7-14(8-10-15)17(23)19-13(4)16-20-18-11-21(16)5/h7-13H,6H2,1-5H3,(H,19,23)/t13-/m1/s1. The average Bonchev–Trinajstić information content (AvgIpc) is 2.94. The van der Waals surface area contributed by atoms with Crippen LogP contribution >= 0.6 is 0 Å². The van der Waals surface area contributed by atoms with Crippen LogP contribution in [0.25, 0.3) is 0 Å². The summed E-state index contributed by atoms with van der Waals surface area (Å²) in [4.78, 5) is 14.6. The fraction of sp³-hybridized carbons (Fsp3) is 0.471. The lowest BCUT2D eigenvalue weighted by Crippen LogP contribution is -2.30. The summed E-state index contributed by atoms with van der Waals surface area (Å²) >= 11 is 0. The van der Waals surface area contributed by atoms with Crippen LogP contribution in [0, 0.1) is 0 Å². The summed E-state index contributed by atoms with van der Waals surface area (Å²) in [6.07, 6.45) is 1.62. The van der Waals surface area contributed by atoms with Gasteiger partial charge in [-0.3, -0.25) is 4.79 Å². The van der Waals surface area contributed by atoms with Crippen molar-refractivity contribution in [2.75, 3.05) is 11.4 Å². The smallest absolute Gasteiger partial charge is 0.251 e. The maximum absolute atomic E-state index is 12.4. The van der Waals surface area contributed by atoms with E-state index in [9.17, 15) is 4.79 Å². The molecule has 0 saturated carbocycles. The van der Waals surface area contributed by atoms with Gasteiger partial charge < -0.3 is 14.8 Å². The van der Waals surface area contributed by atoms with Gasteiger partial charge in [-0.05, 0) is 52.0 Å². The molecule has 6 heteroatoms. The molecular weight excluding hydrogens is 290 g/mol. The number of aromatic nitrogens is 3. The Bertz CT molecular complexity index is 647. The predicted molar refractivity (Wildman–Crippen MR) is 91.5 cm³/mol. The van der Waals surface area contributed by atoms with Crippen molar-refractivity contribution < 1.29 is 4.79 Å². The number of anilines is 1. The minimum Gasteiger partial charge on any atom is -0.369 e. The lowest BCUT2D eigenvalue weighted by molar-refractivity contribution is 0.0938. The predicted octanol–water partition coefficient (Wildman–Crippen LogP) is 2.54. The molecule has 1 aromatic heterocycles. The zero-order valence-corrected chi connectivity index (χ0v) is 14.4. The molecule has 6 nitrogen and oxygen atoms in total. The van der Waals surface area contributed by atoms with Crippen molar-refractivity contribution in [3.8, 4) is 0 Å². The third-order valence-electron chi connectivity index (χ3n) is 3.91. The second-order valence-corrected chi connectivity index (χ2v) is 5.92. The SMILES string of the molecule is CCN(c1ccc(C(=O)N[C@H](C)c2nncn2C)cc1)C(C)C. The minimum atomic E-state index is -0.197. The molecule has 124 valence electrons. The third kappa shape index (κ3) is 3.88. The second kappa shape index (κ2) is 7.26. The zero-order chi connectivity index (χ0) is 17.0. The topological polar surface area (TPSA) is 63.1 Å². The van der Waals surface area contributed by atoms with Crippen LogP contribution < -0.4 is 10.2 Å². The molecule has 0 aliphatic heterocycles. The van der Waals surface area contributed by atoms with Gasteiger partial charge in [-0.25, -0.2) is 0 Å². The molecule has 2 rings (SSSR count). The van der Waals surface area contributed by atoms with Crippen molar-refractivity contribution in [1.29, 1.82) is 0 Å². The Kier molecular flexibility index (Phi) is 5.36. The van der Waals surface area contributed by atoms with Gasteiger partial charge in [-0.1, -0.05) is 0 Å². The van der Waals surface area contributed by atoms with Crippen molar-refractivity contribution in [2.24, 2.45) is 7.05 Å². The Balaban J connectivity index is 2.07. The number of carbonyl (C=O) groups is 1. The maximum Gasteiger partial charge on any atom is 0.251 e. The molecule has 0 aliphatic carbocycles. The number of hydrogen-bond donors (Lipinski definition) is 1. The molecule has 0 radical (unpaired) electrons. The fourth-order valence-electron chi connectivity index (χ4n) is 2.68. The highest BCUT2D eigenvalue weighted by Gasteiger charge is 2.16. The lowest BCUT2D eigenvalue weighted by Gasteiger charge is -2.27. The molecule has 0 saturated heterocycles. The van der Waals surface area contributed by atoms with E-state index in [-0.39, 0.29) is 11.9 Å². The Morgan fingerprint density at radius 2 is 1.91 bits per heavy atom. The summed E-state index contributed by atoms with van der Waals surface area (Å²) in [6.45, 7) is 9.28. The summed E-state index contributed by atoms with van der Waals surface area (Å²) in [5.74, 6) is 0.617. The number of carbonyl (C=O) groups excluding carboxylic acids is 1. The molecule has 1 amide bonds. The highest BCUT2D eigenvalue weighted by Crippen LogP contribution is 2.18. The van der Waals surface area contributed by atoms with Gasteiger partial charge in [0.25, 0.3) is 5.91 Å². The largest absolute Gasteiger partial charge is 0.369 e. The van der Waals surface area contributed by atoms with Crippen LogP contribution in [0.2, 0.25) is 0 Å². The van der Waals surface area contributed by atoms with E-state index in [2.05, 4.69) is 41.2 Å². The van der Waals surface area contributed by atoms with Gasteiger partial charge in [0.15, 0.2) is 5.82 Å². The van der Waals surface area contributed by atoms with Crippen LogP contribution in [0.5, 0.6) is 0 Å². The van der Waals surface area contributed by atoms with Gasteiger partial charge in [0, 0.05) is 30.9 Å². The van der Waals surface area contributed by atoms with Gasteiger partial charge in [-0.2, -0.15) is 0 Å². The van der Waals surface area contributed by atoms with Crippen molar-refractivity contribution >= 4 is 11.6 Å². The van der Waals surface area contributed by atoms with Crippen molar-refractivity contribution in [3.63, 3.8) is 0 Å². The fourth-order valence-corrected chi connectivity index (χ4v) is 2.68. The second-order valence-electron chi connectivity index (χ2n) is 5.92. The van der Waals surface area contributed by atoms with E-state index >= 15 is 0 Å². The molecule has 0 aliphatic rings. The van der Waals surface area contributed by atoms with Gasteiger partial charge in [-0.15, -0.1) is 10.2 Å². The van der Waals surface area contributed by atoms with Crippen molar-refractivity contribution in [3.05, 3.63) is 42.0 Å². The Hall–Kier alpha value is -2.37. The van der Waals surface area contributed by atoms with Crippen LogP contribution in [0.4, 0.5) is 5.69 Å². The van der Waals surface area contributed by atoms with E-state index in [0.717, 1.165) is 18.1 Å². The summed E-state index contributed by atoms with van der Waals surface area (Å²) in [5, 5.41) is 10.8. The average molecular weight is 315 g/mol. The summed E-state index contributed by atoms with van der Waals surface area (Å²) < 4.78 is 1.80. The van der Waals surface area contributed by atoms with Gasteiger partial charge >= 0.3 is 0 Å². The van der Waals surface area contributed by atoms with E-state index in [0.29, 0.717) is 11.6 Å². The third-order valence-corrected chi connectivity index (χ3v) is 3.91. The summed E-state index contributed by atoms with van der Waals surface area (Å²) in [5.41, 5.74) is 1.77. The Morgan fingerprint density at radius 1 is 1.26 bits per heavy atom. The first kappa shape index (κ1) is 17.0. The molecule has 1 N–H and O–H groups in total. The van der Waals surface area contributed by atoms with Crippen LogP contribution in [0.15, 0.2) is 30.6 Å². The first-order valence-corrected chi connectivity index (χ1v) is 7.95. The van der Waals surface area contributed by atoms with Crippen molar-refractivity contribution in [1.82, 2.24) is 20.1 Å². The van der Waals surface area contributed by atoms with Crippen LogP contribution in [-0.2, 0) is 7.05 Å². The van der Waals surface area contributed by atoms with Crippen LogP contribution in [0.1, 0.15) is 49.9 Å². The molecule has 1 aromatic carbocycles. The number of benzene rings is 1. The molecule has 23 heavy (non-hydrogen) atoms.